The Morgan fingerprint density at radius 2 is 2.25 bits per heavy atom. The highest BCUT2D eigenvalue weighted by molar-refractivity contribution is 7.19. The summed E-state index contributed by atoms with van der Waals surface area (Å²) in [4.78, 5) is 6.51. The van der Waals surface area contributed by atoms with Gasteiger partial charge in [0.1, 0.15) is 5.00 Å². The third kappa shape index (κ3) is 4.81. The molecule has 0 radical (unpaired) electrons. The van der Waals surface area contributed by atoms with Gasteiger partial charge in [0.05, 0.1) is 6.20 Å². The van der Waals surface area contributed by atoms with Gasteiger partial charge in [0.15, 0.2) is 5.13 Å². The van der Waals surface area contributed by atoms with Crippen molar-refractivity contribution in [1.82, 2.24) is 9.88 Å². The van der Waals surface area contributed by atoms with Crippen LogP contribution in [0.15, 0.2) is 6.20 Å². The molecule has 0 aromatic carbocycles. The molecule has 5 heteroatoms. The molecule has 1 aromatic heterocycles. The molecule has 0 atom stereocenters. The minimum absolute atomic E-state index is 0.631. The second-order valence-electron chi connectivity index (χ2n) is 4.28. The molecule has 0 aliphatic rings. The standard InChI is InChI=1S/C11H22N4S/c1-9(2)15(3)7-5-4-6-13-11-14-8-10(12)16-11/h8-9H,4-7,12H2,1-3H3,(H,13,14). The van der Waals surface area contributed by atoms with Crippen LogP contribution in [-0.4, -0.2) is 36.1 Å². The summed E-state index contributed by atoms with van der Waals surface area (Å²) in [7, 11) is 2.17. The number of thiazole rings is 1. The number of nitrogens with zero attached hydrogens (tertiary/aromatic N) is 2. The predicted octanol–water partition coefficient (Wildman–Crippen LogP) is 2.26. The number of anilines is 2. The van der Waals surface area contributed by atoms with E-state index in [2.05, 4.69) is 36.1 Å². The number of rotatable bonds is 7. The first-order valence-electron chi connectivity index (χ1n) is 5.75. The Labute approximate surface area is 102 Å². The zero-order valence-corrected chi connectivity index (χ0v) is 11.2. The van der Waals surface area contributed by atoms with Crippen molar-refractivity contribution in [2.45, 2.75) is 32.7 Å². The fourth-order valence-electron chi connectivity index (χ4n) is 1.31. The van der Waals surface area contributed by atoms with E-state index in [-0.39, 0.29) is 0 Å². The fraction of sp³-hybridized carbons (Fsp3) is 0.727. The molecule has 0 aliphatic carbocycles. The van der Waals surface area contributed by atoms with Gasteiger partial charge >= 0.3 is 0 Å². The Hall–Kier alpha value is -0.810. The molecule has 0 aliphatic heterocycles. The van der Waals surface area contributed by atoms with Crippen LogP contribution in [-0.2, 0) is 0 Å². The van der Waals surface area contributed by atoms with Crippen molar-refractivity contribution in [1.29, 1.82) is 0 Å². The number of aromatic nitrogens is 1. The summed E-state index contributed by atoms with van der Waals surface area (Å²) in [5.74, 6) is 0. The highest BCUT2D eigenvalue weighted by Crippen LogP contribution is 2.19. The van der Waals surface area contributed by atoms with Crippen LogP contribution in [0.2, 0.25) is 0 Å². The average Bonchev–Trinajstić information content (AvgIpc) is 2.63. The van der Waals surface area contributed by atoms with Crippen LogP contribution in [0.4, 0.5) is 10.1 Å². The lowest BCUT2D eigenvalue weighted by Crippen LogP contribution is -2.27. The molecule has 3 N–H and O–H groups in total. The van der Waals surface area contributed by atoms with Gasteiger partial charge in [-0.3, -0.25) is 0 Å². The fourth-order valence-corrected chi connectivity index (χ4v) is 1.92. The van der Waals surface area contributed by atoms with Gasteiger partial charge in [0.25, 0.3) is 0 Å². The summed E-state index contributed by atoms with van der Waals surface area (Å²) in [6.07, 6.45) is 4.07. The lowest BCUT2D eigenvalue weighted by Gasteiger charge is -2.20. The van der Waals surface area contributed by atoms with Crippen LogP contribution < -0.4 is 11.1 Å². The quantitative estimate of drug-likeness (QED) is 0.720. The first-order chi connectivity index (χ1) is 7.59. The summed E-state index contributed by atoms with van der Waals surface area (Å²) in [6.45, 7) is 6.56. The maximum atomic E-state index is 5.59. The smallest absolute Gasteiger partial charge is 0.184 e. The molecule has 1 aromatic rings. The number of unbranched alkanes of at least 4 members (excludes halogenated alkanes) is 1. The van der Waals surface area contributed by atoms with Crippen LogP contribution >= 0.6 is 11.3 Å². The van der Waals surface area contributed by atoms with E-state index in [1.165, 1.54) is 17.8 Å². The third-order valence-electron chi connectivity index (χ3n) is 2.62. The van der Waals surface area contributed by atoms with Crippen LogP contribution in [0, 0.1) is 0 Å². The van der Waals surface area contributed by atoms with Gasteiger partial charge in [-0.2, -0.15) is 0 Å². The van der Waals surface area contributed by atoms with Crippen LogP contribution in [0.1, 0.15) is 26.7 Å². The van der Waals surface area contributed by atoms with Gasteiger partial charge in [0.2, 0.25) is 0 Å². The maximum absolute atomic E-state index is 5.59. The van der Waals surface area contributed by atoms with Crippen molar-refractivity contribution in [3.05, 3.63) is 6.20 Å². The molecule has 4 nitrogen and oxygen atoms in total. The molecule has 92 valence electrons. The molecule has 0 saturated heterocycles. The van der Waals surface area contributed by atoms with E-state index in [0.717, 1.165) is 29.6 Å². The molecule has 0 bridgehead atoms. The first-order valence-corrected chi connectivity index (χ1v) is 6.56. The molecule has 1 rings (SSSR count). The minimum Gasteiger partial charge on any atom is -0.389 e. The molecular weight excluding hydrogens is 220 g/mol. The van der Waals surface area contributed by atoms with Gasteiger partial charge in [-0.25, -0.2) is 4.98 Å². The molecule has 0 amide bonds. The molecule has 0 fully saturated rings. The maximum Gasteiger partial charge on any atom is 0.184 e. The SMILES string of the molecule is CC(C)N(C)CCCCNc1ncc(N)s1. The summed E-state index contributed by atoms with van der Waals surface area (Å²) in [5, 5.41) is 4.97. The van der Waals surface area contributed by atoms with Crippen molar-refractivity contribution in [3.63, 3.8) is 0 Å². The van der Waals surface area contributed by atoms with Gasteiger partial charge in [-0.15, -0.1) is 0 Å². The van der Waals surface area contributed by atoms with Crippen molar-refractivity contribution in [2.75, 3.05) is 31.2 Å². The Morgan fingerprint density at radius 3 is 2.81 bits per heavy atom. The monoisotopic (exact) mass is 242 g/mol. The molecule has 16 heavy (non-hydrogen) atoms. The van der Waals surface area contributed by atoms with Crippen LogP contribution in [0.25, 0.3) is 0 Å². The highest BCUT2D eigenvalue weighted by atomic mass is 32.1. The number of hydrogen-bond acceptors (Lipinski definition) is 5. The van der Waals surface area contributed by atoms with E-state index in [1.54, 1.807) is 6.20 Å². The Balaban J connectivity index is 2.04. The third-order valence-corrected chi connectivity index (χ3v) is 3.40. The number of hydrogen-bond donors (Lipinski definition) is 2. The van der Waals surface area contributed by atoms with E-state index in [9.17, 15) is 0 Å². The largest absolute Gasteiger partial charge is 0.389 e. The topological polar surface area (TPSA) is 54.2 Å². The second kappa shape index (κ2) is 6.70. The van der Waals surface area contributed by atoms with Crippen molar-refractivity contribution in [3.8, 4) is 0 Å². The molecule has 0 unspecified atom stereocenters. The van der Waals surface area contributed by atoms with Gasteiger partial charge < -0.3 is 16.0 Å². The van der Waals surface area contributed by atoms with Crippen molar-refractivity contribution >= 4 is 21.5 Å². The van der Waals surface area contributed by atoms with Crippen molar-refractivity contribution < 1.29 is 0 Å². The Morgan fingerprint density at radius 1 is 1.50 bits per heavy atom. The molecule has 1 heterocycles. The van der Waals surface area contributed by atoms with E-state index >= 15 is 0 Å². The Bertz CT molecular complexity index is 298. The summed E-state index contributed by atoms with van der Waals surface area (Å²) < 4.78 is 0. The highest BCUT2D eigenvalue weighted by Gasteiger charge is 2.02. The molecular formula is C11H22N4S. The minimum atomic E-state index is 0.631. The second-order valence-corrected chi connectivity index (χ2v) is 5.34. The zero-order valence-electron chi connectivity index (χ0n) is 10.4. The summed E-state index contributed by atoms with van der Waals surface area (Å²) >= 11 is 1.50. The average molecular weight is 242 g/mol. The summed E-state index contributed by atoms with van der Waals surface area (Å²) in [5.41, 5.74) is 5.59. The Kier molecular flexibility index (Phi) is 5.55. The number of nitrogen functional groups attached to an aromatic ring is 1. The zero-order chi connectivity index (χ0) is 12.0. The van der Waals surface area contributed by atoms with E-state index in [4.69, 9.17) is 5.73 Å². The van der Waals surface area contributed by atoms with E-state index in [1.807, 2.05) is 0 Å². The number of nitrogens with two attached hydrogens (primary N) is 1. The van der Waals surface area contributed by atoms with Gasteiger partial charge in [-0.1, -0.05) is 11.3 Å². The lowest BCUT2D eigenvalue weighted by atomic mass is 10.2. The molecule has 0 spiro atoms. The van der Waals surface area contributed by atoms with Gasteiger partial charge in [0, 0.05) is 12.6 Å². The first kappa shape index (κ1) is 13.3. The normalized spacial score (nSPS) is 11.3. The summed E-state index contributed by atoms with van der Waals surface area (Å²) in [6, 6.07) is 0.631. The van der Waals surface area contributed by atoms with E-state index in [0.29, 0.717) is 6.04 Å². The van der Waals surface area contributed by atoms with E-state index < -0.39 is 0 Å². The molecule has 0 saturated carbocycles. The predicted molar refractivity (Wildman–Crippen MR) is 72.0 cm³/mol. The number of nitrogens with one attached hydrogen (secondary N) is 1. The van der Waals surface area contributed by atoms with Gasteiger partial charge in [-0.05, 0) is 40.3 Å². The van der Waals surface area contributed by atoms with Crippen LogP contribution in [0.3, 0.4) is 0 Å². The van der Waals surface area contributed by atoms with Crippen LogP contribution in [0.5, 0.6) is 0 Å². The lowest BCUT2D eigenvalue weighted by molar-refractivity contribution is 0.269. The van der Waals surface area contributed by atoms with Crippen molar-refractivity contribution in [2.24, 2.45) is 0 Å².